The second-order valence-electron chi connectivity index (χ2n) is 7.13. The van der Waals surface area contributed by atoms with Gasteiger partial charge in [0.25, 0.3) is 0 Å². The van der Waals surface area contributed by atoms with Gasteiger partial charge in [-0.1, -0.05) is 13.8 Å². The zero-order valence-electron chi connectivity index (χ0n) is 14.8. The highest BCUT2D eigenvalue weighted by Gasteiger charge is 2.35. The minimum Gasteiger partial charge on any atom is -0.352 e. The van der Waals surface area contributed by atoms with E-state index in [4.69, 9.17) is 0 Å². The van der Waals surface area contributed by atoms with Crippen LogP contribution < -0.4 is 5.32 Å². The van der Waals surface area contributed by atoms with Gasteiger partial charge in [0, 0.05) is 38.8 Å². The van der Waals surface area contributed by atoms with Gasteiger partial charge in [-0.2, -0.15) is 13.2 Å². The summed E-state index contributed by atoms with van der Waals surface area (Å²) in [5.74, 6) is 2.10. The number of rotatable bonds is 3. The topological polar surface area (TPSA) is 30.9 Å². The van der Waals surface area contributed by atoms with E-state index in [2.05, 4.69) is 29.1 Å². The van der Waals surface area contributed by atoms with Crippen LogP contribution in [0.3, 0.4) is 0 Å². The van der Waals surface area contributed by atoms with Crippen LogP contribution in [-0.2, 0) is 0 Å². The molecular weight excluding hydrogens is 432 g/mol. The first kappa shape index (κ1) is 21.8. The highest BCUT2D eigenvalue weighted by atomic mass is 127. The molecule has 4 nitrogen and oxygen atoms in total. The van der Waals surface area contributed by atoms with Crippen LogP contribution in [0.15, 0.2) is 4.99 Å². The molecule has 3 atom stereocenters. The molecule has 0 aromatic carbocycles. The molecule has 2 aliphatic heterocycles. The number of piperidine rings is 1. The van der Waals surface area contributed by atoms with Crippen LogP contribution in [0.2, 0.25) is 0 Å². The van der Waals surface area contributed by atoms with E-state index >= 15 is 0 Å². The SMILES string of the molecule is CCN=C(NC1CCN(CC(F)(F)F)C1)N1CC(C)CC(C)C1.I. The van der Waals surface area contributed by atoms with Crippen LogP contribution >= 0.6 is 24.0 Å². The van der Waals surface area contributed by atoms with E-state index in [1.165, 1.54) is 11.3 Å². The van der Waals surface area contributed by atoms with Crippen molar-refractivity contribution in [1.82, 2.24) is 15.1 Å². The average molecular weight is 462 g/mol. The maximum absolute atomic E-state index is 12.5. The van der Waals surface area contributed by atoms with Crippen LogP contribution in [0.25, 0.3) is 0 Å². The molecule has 0 saturated carbocycles. The molecule has 2 fully saturated rings. The van der Waals surface area contributed by atoms with Crippen molar-refractivity contribution < 1.29 is 13.2 Å². The third kappa shape index (κ3) is 6.93. The highest BCUT2D eigenvalue weighted by molar-refractivity contribution is 14.0. The predicted octanol–water partition coefficient (Wildman–Crippen LogP) is 3.18. The molecule has 2 rings (SSSR count). The van der Waals surface area contributed by atoms with Gasteiger partial charge in [-0.05, 0) is 31.6 Å². The number of hydrogen-bond donors (Lipinski definition) is 1. The van der Waals surface area contributed by atoms with Gasteiger partial charge in [0.15, 0.2) is 5.96 Å². The molecule has 1 N–H and O–H groups in total. The number of guanidine groups is 1. The van der Waals surface area contributed by atoms with Gasteiger partial charge in [-0.25, -0.2) is 0 Å². The lowest BCUT2D eigenvalue weighted by atomic mass is 9.92. The van der Waals surface area contributed by atoms with Gasteiger partial charge in [-0.15, -0.1) is 24.0 Å². The van der Waals surface area contributed by atoms with Crippen LogP contribution in [0.4, 0.5) is 13.2 Å². The lowest BCUT2D eigenvalue weighted by molar-refractivity contribution is -0.143. The number of aliphatic imine (C=N–C) groups is 1. The van der Waals surface area contributed by atoms with Gasteiger partial charge in [0.05, 0.1) is 6.54 Å². The Balaban J connectivity index is 0.00000288. The monoisotopic (exact) mass is 462 g/mol. The summed E-state index contributed by atoms with van der Waals surface area (Å²) in [6.45, 7) is 9.20. The van der Waals surface area contributed by atoms with Crippen LogP contribution in [-0.4, -0.2) is 67.2 Å². The summed E-state index contributed by atoms with van der Waals surface area (Å²) < 4.78 is 37.5. The van der Waals surface area contributed by atoms with Gasteiger partial charge in [0.1, 0.15) is 0 Å². The lowest BCUT2D eigenvalue weighted by Gasteiger charge is -2.38. The molecule has 8 heteroatoms. The molecule has 0 spiro atoms. The summed E-state index contributed by atoms with van der Waals surface area (Å²) in [5.41, 5.74) is 0. The van der Waals surface area contributed by atoms with E-state index in [1.807, 2.05) is 6.92 Å². The first-order chi connectivity index (χ1) is 10.8. The molecule has 0 radical (unpaired) electrons. The van der Waals surface area contributed by atoms with Crippen molar-refractivity contribution >= 4 is 29.9 Å². The minimum atomic E-state index is -4.12. The maximum Gasteiger partial charge on any atom is 0.401 e. The van der Waals surface area contributed by atoms with Crippen molar-refractivity contribution in [1.29, 1.82) is 0 Å². The quantitative estimate of drug-likeness (QED) is 0.397. The highest BCUT2D eigenvalue weighted by Crippen LogP contribution is 2.22. The van der Waals surface area contributed by atoms with Gasteiger partial charge >= 0.3 is 6.18 Å². The minimum absolute atomic E-state index is 0. The van der Waals surface area contributed by atoms with E-state index < -0.39 is 12.7 Å². The van der Waals surface area contributed by atoms with Crippen LogP contribution in [0.1, 0.15) is 33.6 Å². The third-order valence-electron chi connectivity index (χ3n) is 4.48. The summed E-state index contributed by atoms with van der Waals surface area (Å²) in [5, 5.41) is 3.41. The molecule has 3 unspecified atom stereocenters. The smallest absolute Gasteiger partial charge is 0.352 e. The second kappa shape index (κ2) is 9.45. The number of hydrogen-bond acceptors (Lipinski definition) is 2. The Morgan fingerprint density at radius 2 is 1.79 bits per heavy atom. The Morgan fingerprint density at radius 3 is 2.33 bits per heavy atom. The predicted molar refractivity (Wildman–Crippen MR) is 102 cm³/mol. The molecule has 142 valence electrons. The van der Waals surface area contributed by atoms with Crippen molar-refractivity contribution in [3.8, 4) is 0 Å². The summed E-state index contributed by atoms with van der Waals surface area (Å²) >= 11 is 0. The van der Waals surface area contributed by atoms with Crippen LogP contribution in [0, 0.1) is 11.8 Å². The largest absolute Gasteiger partial charge is 0.401 e. The number of nitrogens with zero attached hydrogens (tertiary/aromatic N) is 3. The van der Waals surface area contributed by atoms with Gasteiger partial charge in [0.2, 0.25) is 0 Å². The summed E-state index contributed by atoms with van der Waals surface area (Å²) in [7, 11) is 0. The Hall–Kier alpha value is -0.250. The van der Waals surface area contributed by atoms with Crippen molar-refractivity contribution in [2.24, 2.45) is 16.8 Å². The summed E-state index contributed by atoms with van der Waals surface area (Å²) in [4.78, 5) is 8.32. The van der Waals surface area contributed by atoms with Gasteiger partial charge < -0.3 is 10.2 Å². The molecule has 0 amide bonds. The number of likely N-dealkylation sites (tertiary alicyclic amines) is 2. The zero-order valence-corrected chi connectivity index (χ0v) is 17.1. The summed E-state index contributed by atoms with van der Waals surface area (Å²) in [6, 6.07) is 0.0511. The van der Waals surface area contributed by atoms with Crippen molar-refractivity contribution in [2.45, 2.75) is 45.8 Å². The molecule has 2 saturated heterocycles. The Labute approximate surface area is 160 Å². The van der Waals surface area contributed by atoms with Gasteiger partial charge in [-0.3, -0.25) is 9.89 Å². The van der Waals surface area contributed by atoms with E-state index in [0.29, 0.717) is 31.5 Å². The molecule has 0 aromatic heterocycles. The lowest BCUT2D eigenvalue weighted by Crippen LogP contribution is -2.51. The molecule has 2 heterocycles. The molecule has 2 aliphatic rings. The molecule has 0 aliphatic carbocycles. The fourth-order valence-corrected chi connectivity index (χ4v) is 3.75. The first-order valence-electron chi connectivity index (χ1n) is 8.62. The normalized spacial score (nSPS) is 29.5. The fraction of sp³-hybridized carbons (Fsp3) is 0.938. The Kier molecular flexibility index (Phi) is 8.58. The molecular formula is C16H30F3IN4. The average Bonchev–Trinajstić information content (AvgIpc) is 2.82. The molecule has 0 aromatic rings. The Bertz CT molecular complexity index is 407. The van der Waals surface area contributed by atoms with Crippen molar-refractivity contribution in [3.63, 3.8) is 0 Å². The van der Waals surface area contributed by atoms with Crippen molar-refractivity contribution in [3.05, 3.63) is 0 Å². The fourth-order valence-electron chi connectivity index (χ4n) is 3.75. The molecule has 24 heavy (non-hydrogen) atoms. The van der Waals surface area contributed by atoms with E-state index in [1.54, 1.807) is 0 Å². The van der Waals surface area contributed by atoms with E-state index in [0.717, 1.165) is 25.5 Å². The van der Waals surface area contributed by atoms with E-state index in [9.17, 15) is 13.2 Å². The first-order valence-corrected chi connectivity index (χ1v) is 8.62. The third-order valence-corrected chi connectivity index (χ3v) is 4.48. The standard InChI is InChI=1S/C16H29F3N4.HI/c1-4-20-15(23-8-12(2)7-13(3)9-23)21-14-5-6-22(10-14)11-16(17,18)19;/h12-14H,4-11H2,1-3H3,(H,20,21);1H. The Morgan fingerprint density at radius 1 is 1.17 bits per heavy atom. The zero-order chi connectivity index (χ0) is 17.0. The number of halogens is 4. The van der Waals surface area contributed by atoms with Crippen LogP contribution in [0.5, 0.6) is 0 Å². The maximum atomic E-state index is 12.5. The molecule has 0 bridgehead atoms. The summed E-state index contributed by atoms with van der Waals surface area (Å²) in [6.07, 6.45) is -2.16. The number of alkyl halides is 3. The van der Waals surface area contributed by atoms with E-state index in [-0.39, 0.29) is 30.0 Å². The van der Waals surface area contributed by atoms with Crippen molar-refractivity contribution in [2.75, 3.05) is 39.3 Å². The second-order valence-corrected chi connectivity index (χ2v) is 7.13. The number of nitrogens with one attached hydrogen (secondary N) is 1.